The Morgan fingerprint density at radius 2 is 1.97 bits per heavy atom. The van der Waals surface area contributed by atoms with Crippen molar-refractivity contribution in [2.75, 3.05) is 31.2 Å². The largest absolute Gasteiger partial charge is 0.478 e. The number of hydrogen-bond acceptors (Lipinski definition) is 5. The summed E-state index contributed by atoms with van der Waals surface area (Å²) < 4.78 is 21.6. The fraction of sp³-hybridized carbons (Fsp3) is 0.227. The van der Waals surface area contributed by atoms with Crippen LogP contribution in [0.4, 0.5) is 10.1 Å². The first-order valence-electron chi connectivity index (χ1n) is 9.67. The van der Waals surface area contributed by atoms with Crippen LogP contribution in [0.3, 0.4) is 0 Å². The van der Waals surface area contributed by atoms with Crippen LogP contribution < -0.4 is 4.90 Å². The van der Waals surface area contributed by atoms with Gasteiger partial charge < -0.3 is 14.7 Å². The van der Waals surface area contributed by atoms with Gasteiger partial charge in [0.1, 0.15) is 22.7 Å². The van der Waals surface area contributed by atoms with Crippen LogP contribution in [0.2, 0.25) is 0 Å². The van der Waals surface area contributed by atoms with Gasteiger partial charge in [-0.05, 0) is 31.2 Å². The van der Waals surface area contributed by atoms with Gasteiger partial charge in [0.15, 0.2) is 0 Å². The number of nitrogens with zero attached hydrogens (tertiary/aromatic N) is 4. The fourth-order valence-corrected chi connectivity index (χ4v) is 4.07. The standard InChI is InChI=1S/C22H19FN4O3/c1-13-25-21-16(22(28)29)11-14(26-7-9-30-10-8-26)12-19(21)27(13)18-5-6-24-20-15(18)3-2-4-17(20)23/h2-6,11-12H,7-10H2,1H3,(H,28,29). The summed E-state index contributed by atoms with van der Waals surface area (Å²) in [5.41, 5.74) is 2.97. The molecule has 5 rings (SSSR count). The highest BCUT2D eigenvalue weighted by atomic mass is 19.1. The van der Waals surface area contributed by atoms with Gasteiger partial charge in [-0.15, -0.1) is 0 Å². The van der Waals surface area contributed by atoms with Gasteiger partial charge in [-0.3, -0.25) is 9.55 Å². The van der Waals surface area contributed by atoms with Gasteiger partial charge >= 0.3 is 5.97 Å². The Bertz CT molecular complexity index is 1290. The first-order chi connectivity index (χ1) is 14.5. The number of imidazole rings is 1. The highest BCUT2D eigenvalue weighted by Crippen LogP contribution is 2.32. The zero-order valence-corrected chi connectivity index (χ0v) is 16.3. The Labute approximate surface area is 171 Å². The van der Waals surface area contributed by atoms with Gasteiger partial charge in [0.05, 0.1) is 30.0 Å². The number of fused-ring (bicyclic) bond motifs is 2. The molecule has 3 heterocycles. The molecule has 7 nitrogen and oxygen atoms in total. The molecule has 1 saturated heterocycles. The number of pyridine rings is 1. The highest BCUT2D eigenvalue weighted by Gasteiger charge is 2.22. The molecule has 2 aromatic carbocycles. The molecule has 0 unspecified atom stereocenters. The molecule has 1 N–H and O–H groups in total. The summed E-state index contributed by atoms with van der Waals surface area (Å²) in [7, 11) is 0. The van der Waals surface area contributed by atoms with E-state index in [2.05, 4.69) is 14.9 Å². The lowest BCUT2D eigenvalue weighted by Gasteiger charge is -2.29. The minimum Gasteiger partial charge on any atom is -0.478 e. The van der Waals surface area contributed by atoms with E-state index in [9.17, 15) is 14.3 Å². The molecule has 4 aromatic rings. The number of aryl methyl sites for hydroxylation is 1. The average molecular weight is 406 g/mol. The number of para-hydroxylation sites is 1. The Hall–Kier alpha value is -3.52. The number of carboxylic acid groups (broad SMARTS) is 1. The van der Waals surface area contributed by atoms with Crippen molar-refractivity contribution in [2.24, 2.45) is 0 Å². The van der Waals surface area contributed by atoms with Crippen LogP contribution in [0.15, 0.2) is 42.6 Å². The molecular weight excluding hydrogens is 387 g/mol. The molecule has 0 spiro atoms. The van der Waals surface area contributed by atoms with E-state index in [1.807, 2.05) is 17.6 Å². The van der Waals surface area contributed by atoms with Gasteiger partial charge in [0.2, 0.25) is 0 Å². The van der Waals surface area contributed by atoms with Crippen LogP contribution >= 0.6 is 0 Å². The number of carboxylic acids is 1. The number of benzene rings is 2. The smallest absolute Gasteiger partial charge is 0.338 e. The minimum atomic E-state index is -1.04. The summed E-state index contributed by atoms with van der Waals surface area (Å²) in [6, 6.07) is 10.2. The first-order valence-corrected chi connectivity index (χ1v) is 9.67. The van der Waals surface area contributed by atoms with Crippen molar-refractivity contribution in [3.63, 3.8) is 0 Å². The maximum atomic E-state index is 14.3. The Morgan fingerprint density at radius 3 is 2.73 bits per heavy atom. The molecule has 2 aromatic heterocycles. The molecule has 0 atom stereocenters. The third-order valence-corrected chi connectivity index (χ3v) is 5.46. The minimum absolute atomic E-state index is 0.139. The first kappa shape index (κ1) is 18.5. The highest BCUT2D eigenvalue weighted by molar-refractivity contribution is 6.04. The monoisotopic (exact) mass is 406 g/mol. The quantitative estimate of drug-likeness (QED) is 0.560. The molecule has 0 saturated carbocycles. The van der Waals surface area contributed by atoms with Crippen LogP contribution in [-0.4, -0.2) is 51.9 Å². The lowest BCUT2D eigenvalue weighted by molar-refractivity contribution is 0.0699. The predicted octanol–water partition coefficient (Wildman–Crippen LogP) is 3.56. The fourth-order valence-electron chi connectivity index (χ4n) is 4.07. The normalized spacial score (nSPS) is 14.5. The molecule has 1 aliphatic heterocycles. The molecule has 30 heavy (non-hydrogen) atoms. The number of anilines is 1. The van der Waals surface area contributed by atoms with Crippen molar-refractivity contribution in [1.29, 1.82) is 0 Å². The third-order valence-electron chi connectivity index (χ3n) is 5.46. The van der Waals surface area contributed by atoms with Crippen molar-refractivity contribution < 1.29 is 19.0 Å². The summed E-state index contributed by atoms with van der Waals surface area (Å²) in [6.07, 6.45) is 1.55. The van der Waals surface area contributed by atoms with Gasteiger partial charge in [0.25, 0.3) is 0 Å². The summed E-state index contributed by atoms with van der Waals surface area (Å²) in [5.74, 6) is -0.828. The van der Waals surface area contributed by atoms with Crippen LogP contribution in [-0.2, 0) is 4.74 Å². The summed E-state index contributed by atoms with van der Waals surface area (Å²) in [6.45, 7) is 4.35. The average Bonchev–Trinajstić information content (AvgIpc) is 3.09. The van der Waals surface area contributed by atoms with Crippen molar-refractivity contribution in [2.45, 2.75) is 6.92 Å². The van der Waals surface area contributed by atoms with E-state index in [0.717, 1.165) is 5.69 Å². The van der Waals surface area contributed by atoms with Crippen LogP contribution in [0.5, 0.6) is 0 Å². The second-order valence-electron chi connectivity index (χ2n) is 7.23. The number of aromatic carboxylic acids is 1. The van der Waals surface area contributed by atoms with E-state index < -0.39 is 11.8 Å². The van der Waals surface area contributed by atoms with E-state index in [0.29, 0.717) is 54.2 Å². The maximum Gasteiger partial charge on any atom is 0.338 e. The van der Waals surface area contributed by atoms with E-state index in [-0.39, 0.29) is 11.1 Å². The number of ether oxygens (including phenoxy) is 1. The van der Waals surface area contributed by atoms with Crippen LogP contribution in [0.25, 0.3) is 27.6 Å². The topological polar surface area (TPSA) is 80.5 Å². The number of hydrogen-bond donors (Lipinski definition) is 1. The number of carbonyl (C=O) groups is 1. The Balaban J connectivity index is 1.81. The van der Waals surface area contributed by atoms with Gasteiger partial charge in [0, 0.05) is 30.4 Å². The number of halogens is 1. The van der Waals surface area contributed by atoms with Crippen molar-refractivity contribution in [3.05, 3.63) is 59.8 Å². The van der Waals surface area contributed by atoms with Crippen LogP contribution in [0, 0.1) is 12.7 Å². The maximum absolute atomic E-state index is 14.3. The third kappa shape index (κ3) is 2.88. The Kier molecular flexibility index (Phi) is 4.36. The molecule has 1 fully saturated rings. The van der Waals surface area contributed by atoms with E-state index in [1.54, 1.807) is 30.5 Å². The zero-order valence-electron chi connectivity index (χ0n) is 16.3. The molecule has 0 radical (unpaired) electrons. The van der Waals surface area contributed by atoms with Gasteiger partial charge in [-0.2, -0.15) is 0 Å². The SMILES string of the molecule is Cc1nc2c(C(=O)O)cc(N3CCOCC3)cc2n1-c1ccnc2c(F)cccc12. The van der Waals surface area contributed by atoms with Crippen LogP contribution in [0.1, 0.15) is 16.2 Å². The molecule has 1 aliphatic rings. The molecule has 8 heteroatoms. The lowest BCUT2D eigenvalue weighted by atomic mass is 10.1. The number of morpholine rings is 1. The number of aromatic nitrogens is 3. The molecule has 0 bridgehead atoms. The lowest BCUT2D eigenvalue weighted by Crippen LogP contribution is -2.36. The number of rotatable bonds is 3. The summed E-state index contributed by atoms with van der Waals surface area (Å²) in [5, 5.41) is 10.5. The van der Waals surface area contributed by atoms with E-state index in [4.69, 9.17) is 4.74 Å². The second-order valence-corrected chi connectivity index (χ2v) is 7.23. The molecular formula is C22H19FN4O3. The predicted molar refractivity (Wildman–Crippen MR) is 111 cm³/mol. The van der Waals surface area contributed by atoms with Gasteiger partial charge in [-0.1, -0.05) is 12.1 Å². The second kappa shape index (κ2) is 7.07. The molecule has 0 aliphatic carbocycles. The van der Waals surface area contributed by atoms with E-state index >= 15 is 0 Å². The Morgan fingerprint density at radius 1 is 1.17 bits per heavy atom. The molecule has 0 amide bonds. The van der Waals surface area contributed by atoms with Crippen molar-refractivity contribution in [3.8, 4) is 5.69 Å². The van der Waals surface area contributed by atoms with Crippen molar-refractivity contribution in [1.82, 2.24) is 14.5 Å². The van der Waals surface area contributed by atoms with Crippen molar-refractivity contribution >= 4 is 33.6 Å². The molecule has 152 valence electrons. The van der Waals surface area contributed by atoms with E-state index in [1.165, 1.54) is 6.07 Å². The zero-order chi connectivity index (χ0) is 20.8. The summed E-state index contributed by atoms with van der Waals surface area (Å²) in [4.78, 5) is 22.8. The van der Waals surface area contributed by atoms with Gasteiger partial charge in [-0.25, -0.2) is 14.2 Å². The summed E-state index contributed by atoms with van der Waals surface area (Å²) >= 11 is 0.